The van der Waals surface area contributed by atoms with E-state index in [2.05, 4.69) is 43.8 Å². The number of rotatable bonds is 3. The second-order valence-electron chi connectivity index (χ2n) is 3.03. The van der Waals surface area contributed by atoms with Crippen LogP contribution >= 0.6 is 12.6 Å². The zero-order valence-corrected chi connectivity index (χ0v) is 8.22. The van der Waals surface area contributed by atoms with Crippen molar-refractivity contribution in [2.75, 3.05) is 5.75 Å². The third kappa shape index (κ3) is 2.26. The van der Waals surface area contributed by atoms with Gasteiger partial charge in [0.05, 0.1) is 0 Å². The van der Waals surface area contributed by atoms with Crippen molar-refractivity contribution in [1.29, 1.82) is 0 Å². The molecule has 0 heterocycles. The van der Waals surface area contributed by atoms with Crippen LogP contribution in [0.4, 0.5) is 0 Å². The largest absolute Gasteiger partial charge is 0.326 e. The van der Waals surface area contributed by atoms with E-state index < -0.39 is 0 Å². The molecule has 1 atom stereocenters. The van der Waals surface area contributed by atoms with E-state index in [0.29, 0.717) is 12.5 Å². The summed E-state index contributed by atoms with van der Waals surface area (Å²) in [5.41, 5.74) is 8.01. The van der Waals surface area contributed by atoms with Crippen LogP contribution in [-0.2, 0) is 6.54 Å². The van der Waals surface area contributed by atoms with Crippen molar-refractivity contribution in [2.24, 2.45) is 5.73 Å². The highest BCUT2D eigenvalue weighted by Crippen LogP contribution is 2.16. The molecule has 0 saturated heterocycles. The normalized spacial score (nSPS) is 12.9. The number of nitrogens with two attached hydrogens (primary N) is 1. The van der Waals surface area contributed by atoms with Gasteiger partial charge < -0.3 is 5.73 Å². The lowest BCUT2D eigenvalue weighted by Gasteiger charge is -2.08. The highest BCUT2D eigenvalue weighted by atomic mass is 32.1. The average Bonchev–Trinajstić information content (AvgIpc) is 2.17. The lowest BCUT2D eigenvalue weighted by Crippen LogP contribution is -1.98. The Labute approximate surface area is 79.4 Å². The summed E-state index contributed by atoms with van der Waals surface area (Å²) in [6.07, 6.45) is 0. The first-order chi connectivity index (χ1) is 5.77. The molecule has 0 aliphatic carbocycles. The second kappa shape index (κ2) is 4.53. The Kier molecular flexibility index (Phi) is 3.63. The molecule has 2 heteroatoms. The van der Waals surface area contributed by atoms with Crippen molar-refractivity contribution in [3.05, 3.63) is 35.4 Å². The fraction of sp³-hybridized carbons (Fsp3) is 0.400. The van der Waals surface area contributed by atoms with Crippen LogP contribution < -0.4 is 5.73 Å². The van der Waals surface area contributed by atoms with Crippen molar-refractivity contribution in [3.8, 4) is 0 Å². The van der Waals surface area contributed by atoms with Crippen molar-refractivity contribution < 1.29 is 0 Å². The summed E-state index contributed by atoms with van der Waals surface area (Å²) in [5.74, 6) is 1.42. The first-order valence-electron chi connectivity index (χ1n) is 4.17. The van der Waals surface area contributed by atoms with Gasteiger partial charge in [-0.25, -0.2) is 0 Å². The summed E-state index contributed by atoms with van der Waals surface area (Å²) in [4.78, 5) is 0. The molecule has 0 saturated carbocycles. The van der Waals surface area contributed by atoms with Gasteiger partial charge in [-0.3, -0.25) is 0 Å². The van der Waals surface area contributed by atoms with Crippen molar-refractivity contribution >= 4 is 12.6 Å². The lowest BCUT2D eigenvalue weighted by molar-refractivity contribution is 0.881. The fourth-order valence-electron chi connectivity index (χ4n) is 1.09. The molecule has 1 rings (SSSR count). The van der Waals surface area contributed by atoms with E-state index in [4.69, 9.17) is 5.73 Å². The Morgan fingerprint density at radius 2 is 1.92 bits per heavy atom. The molecule has 0 amide bonds. The van der Waals surface area contributed by atoms with Crippen LogP contribution in [0.1, 0.15) is 24.0 Å². The van der Waals surface area contributed by atoms with Crippen LogP contribution in [-0.4, -0.2) is 5.75 Å². The standard InChI is InChI=1S/C10H15NS/c1-8(7-12)10-4-2-9(6-11)3-5-10/h2-5,8,12H,6-7,11H2,1H3. The molecule has 0 bridgehead atoms. The highest BCUT2D eigenvalue weighted by molar-refractivity contribution is 7.80. The van der Waals surface area contributed by atoms with Gasteiger partial charge in [0.25, 0.3) is 0 Å². The van der Waals surface area contributed by atoms with E-state index in [1.807, 2.05) is 0 Å². The quantitative estimate of drug-likeness (QED) is 0.687. The first-order valence-corrected chi connectivity index (χ1v) is 4.81. The minimum Gasteiger partial charge on any atom is -0.326 e. The first kappa shape index (κ1) is 9.62. The number of thiol groups is 1. The van der Waals surface area contributed by atoms with Crippen LogP contribution in [0, 0.1) is 0 Å². The zero-order valence-electron chi connectivity index (χ0n) is 7.33. The molecule has 12 heavy (non-hydrogen) atoms. The molecule has 0 radical (unpaired) electrons. The summed E-state index contributed by atoms with van der Waals surface area (Å²) < 4.78 is 0. The molecule has 0 aliphatic heterocycles. The van der Waals surface area contributed by atoms with Crippen LogP contribution in [0.2, 0.25) is 0 Å². The predicted molar refractivity (Wildman–Crippen MR) is 56.6 cm³/mol. The Morgan fingerprint density at radius 3 is 2.33 bits per heavy atom. The van der Waals surface area contributed by atoms with E-state index in [9.17, 15) is 0 Å². The van der Waals surface area contributed by atoms with Gasteiger partial charge in [-0.2, -0.15) is 12.6 Å². The second-order valence-corrected chi connectivity index (χ2v) is 3.39. The third-order valence-corrected chi connectivity index (χ3v) is 2.61. The summed E-state index contributed by atoms with van der Waals surface area (Å²) in [6, 6.07) is 8.41. The van der Waals surface area contributed by atoms with Crippen LogP contribution in [0.5, 0.6) is 0 Å². The number of hydrogen-bond acceptors (Lipinski definition) is 2. The minimum atomic E-state index is 0.528. The van der Waals surface area contributed by atoms with E-state index >= 15 is 0 Å². The van der Waals surface area contributed by atoms with Crippen molar-refractivity contribution in [2.45, 2.75) is 19.4 Å². The molecule has 0 spiro atoms. The molecular weight excluding hydrogens is 166 g/mol. The fourth-order valence-corrected chi connectivity index (χ4v) is 1.30. The zero-order chi connectivity index (χ0) is 8.97. The number of hydrogen-bond donors (Lipinski definition) is 2. The Hall–Kier alpha value is -0.470. The smallest absolute Gasteiger partial charge is 0.0178 e. The minimum absolute atomic E-state index is 0.528. The van der Waals surface area contributed by atoms with Crippen LogP contribution in [0.3, 0.4) is 0 Å². The molecule has 0 aromatic heterocycles. The average molecular weight is 181 g/mol. The van der Waals surface area contributed by atoms with Crippen LogP contribution in [0.15, 0.2) is 24.3 Å². The molecule has 2 N–H and O–H groups in total. The summed E-state index contributed by atoms with van der Waals surface area (Å²) in [6.45, 7) is 2.79. The van der Waals surface area contributed by atoms with E-state index in [0.717, 1.165) is 5.75 Å². The van der Waals surface area contributed by atoms with Gasteiger partial charge in [-0.1, -0.05) is 31.2 Å². The maximum Gasteiger partial charge on any atom is 0.0178 e. The van der Waals surface area contributed by atoms with Crippen molar-refractivity contribution in [3.63, 3.8) is 0 Å². The molecule has 1 nitrogen and oxygen atoms in total. The van der Waals surface area contributed by atoms with Gasteiger partial charge in [0.1, 0.15) is 0 Å². The van der Waals surface area contributed by atoms with Gasteiger partial charge in [0, 0.05) is 6.54 Å². The van der Waals surface area contributed by atoms with Crippen molar-refractivity contribution in [1.82, 2.24) is 0 Å². The van der Waals surface area contributed by atoms with Crippen LogP contribution in [0.25, 0.3) is 0 Å². The summed E-state index contributed by atoms with van der Waals surface area (Å²) in [7, 11) is 0. The molecule has 0 aliphatic rings. The molecular formula is C10H15NS. The molecule has 0 fully saturated rings. The summed E-state index contributed by atoms with van der Waals surface area (Å²) >= 11 is 4.25. The predicted octanol–water partition coefficient (Wildman–Crippen LogP) is 2.18. The van der Waals surface area contributed by atoms with Gasteiger partial charge in [-0.05, 0) is 22.8 Å². The Bertz CT molecular complexity index is 230. The molecule has 66 valence electrons. The lowest BCUT2D eigenvalue weighted by atomic mass is 10.0. The van der Waals surface area contributed by atoms with Gasteiger partial charge >= 0.3 is 0 Å². The highest BCUT2D eigenvalue weighted by Gasteiger charge is 2.01. The van der Waals surface area contributed by atoms with Gasteiger partial charge in [0.15, 0.2) is 0 Å². The molecule has 1 aromatic rings. The van der Waals surface area contributed by atoms with Gasteiger partial charge in [0.2, 0.25) is 0 Å². The Morgan fingerprint density at radius 1 is 1.33 bits per heavy atom. The summed E-state index contributed by atoms with van der Waals surface area (Å²) in [5, 5.41) is 0. The van der Waals surface area contributed by atoms with E-state index in [1.54, 1.807) is 0 Å². The third-order valence-electron chi connectivity index (χ3n) is 2.06. The number of benzene rings is 1. The molecule has 1 aromatic carbocycles. The maximum absolute atomic E-state index is 5.49. The van der Waals surface area contributed by atoms with E-state index in [-0.39, 0.29) is 0 Å². The maximum atomic E-state index is 5.49. The van der Waals surface area contributed by atoms with E-state index in [1.165, 1.54) is 11.1 Å². The monoisotopic (exact) mass is 181 g/mol. The Balaban J connectivity index is 2.77. The van der Waals surface area contributed by atoms with Gasteiger partial charge in [-0.15, -0.1) is 0 Å². The molecule has 1 unspecified atom stereocenters. The topological polar surface area (TPSA) is 26.0 Å². The SMILES string of the molecule is CC(CS)c1ccc(CN)cc1.